The molecule has 1 fully saturated rings. The van der Waals surface area contributed by atoms with Gasteiger partial charge in [-0.15, -0.1) is 0 Å². The first-order valence-corrected chi connectivity index (χ1v) is 11.6. The van der Waals surface area contributed by atoms with Gasteiger partial charge < -0.3 is 10.2 Å². The lowest BCUT2D eigenvalue weighted by Gasteiger charge is -2.51. The Hall–Kier alpha value is -1.93. The minimum atomic E-state index is -3.41. The number of sulfonamides is 1. The van der Waals surface area contributed by atoms with E-state index in [1.165, 1.54) is 18.7 Å². The molecule has 0 bridgehead atoms. The largest absolute Gasteiger partial charge is 0.356 e. The SMILES string of the molecule is CC(=O)NCCCC(=O)N1CCCC2(Cc3ccccc3CN2S(C)(=O)=O)C1. The summed E-state index contributed by atoms with van der Waals surface area (Å²) < 4.78 is 26.8. The summed E-state index contributed by atoms with van der Waals surface area (Å²) in [5.41, 5.74) is 1.63. The summed E-state index contributed by atoms with van der Waals surface area (Å²) >= 11 is 0. The Morgan fingerprint density at radius 3 is 2.61 bits per heavy atom. The fourth-order valence-electron chi connectivity index (χ4n) is 4.45. The molecule has 1 saturated heterocycles. The quantitative estimate of drug-likeness (QED) is 0.745. The van der Waals surface area contributed by atoms with E-state index in [1.54, 1.807) is 4.31 Å². The summed E-state index contributed by atoms with van der Waals surface area (Å²) in [6.45, 7) is 3.37. The third-order valence-corrected chi connectivity index (χ3v) is 7.05. The number of hydrogen-bond acceptors (Lipinski definition) is 4. The maximum Gasteiger partial charge on any atom is 0.222 e. The van der Waals surface area contributed by atoms with Crippen LogP contribution in [0.5, 0.6) is 0 Å². The Morgan fingerprint density at radius 1 is 1.21 bits per heavy atom. The highest BCUT2D eigenvalue weighted by Gasteiger charge is 2.48. The lowest BCUT2D eigenvalue weighted by atomic mass is 9.79. The molecule has 0 saturated carbocycles. The van der Waals surface area contributed by atoms with Gasteiger partial charge in [0, 0.05) is 39.5 Å². The van der Waals surface area contributed by atoms with Crippen LogP contribution in [0.4, 0.5) is 0 Å². The molecular formula is C20H29N3O4S. The van der Waals surface area contributed by atoms with Crippen LogP contribution in [0.2, 0.25) is 0 Å². The Kier molecular flexibility index (Phi) is 6.09. The molecule has 0 aromatic heterocycles. The second-order valence-electron chi connectivity index (χ2n) is 7.94. The van der Waals surface area contributed by atoms with Gasteiger partial charge in [0.05, 0.1) is 11.8 Å². The molecule has 3 rings (SSSR count). The fourth-order valence-corrected chi connectivity index (χ4v) is 5.74. The molecule has 1 aromatic carbocycles. The number of likely N-dealkylation sites (tertiary alicyclic amines) is 1. The first-order valence-electron chi connectivity index (χ1n) is 9.78. The molecule has 2 aliphatic rings. The van der Waals surface area contributed by atoms with Crippen LogP contribution < -0.4 is 5.32 Å². The third-order valence-electron chi connectivity index (χ3n) is 5.73. The van der Waals surface area contributed by atoms with E-state index in [9.17, 15) is 18.0 Å². The number of rotatable bonds is 5. The van der Waals surface area contributed by atoms with Crippen molar-refractivity contribution in [2.75, 3.05) is 25.9 Å². The van der Waals surface area contributed by atoms with Crippen LogP contribution in [-0.2, 0) is 32.6 Å². The van der Waals surface area contributed by atoms with E-state index in [1.807, 2.05) is 23.1 Å². The van der Waals surface area contributed by atoms with Crippen LogP contribution >= 0.6 is 0 Å². The van der Waals surface area contributed by atoms with Crippen molar-refractivity contribution in [1.29, 1.82) is 0 Å². The van der Waals surface area contributed by atoms with Crippen molar-refractivity contribution >= 4 is 21.8 Å². The molecule has 1 unspecified atom stereocenters. The van der Waals surface area contributed by atoms with Crippen molar-refractivity contribution in [1.82, 2.24) is 14.5 Å². The summed E-state index contributed by atoms with van der Waals surface area (Å²) in [6.07, 6.45) is 4.37. The Bertz CT molecular complexity index is 855. The summed E-state index contributed by atoms with van der Waals surface area (Å²) in [5.74, 6) is -0.0780. The highest BCUT2D eigenvalue weighted by Crippen LogP contribution is 2.39. The van der Waals surface area contributed by atoms with E-state index < -0.39 is 15.6 Å². The van der Waals surface area contributed by atoms with Gasteiger partial charge in [0.1, 0.15) is 0 Å². The number of fused-ring (bicyclic) bond motifs is 1. The molecule has 2 amide bonds. The zero-order valence-corrected chi connectivity index (χ0v) is 17.4. The van der Waals surface area contributed by atoms with Gasteiger partial charge in [-0.1, -0.05) is 24.3 Å². The van der Waals surface area contributed by atoms with E-state index in [0.717, 1.165) is 18.4 Å². The number of nitrogens with zero attached hydrogens (tertiary/aromatic N) is 2. The molecule has 0 radical (unpaired) electrons. The lowest BCUT2D eigenvalue weighted by Crippen LogP contribution is -2.63. The summed E-state index contributed by atoms with van der Waals surface area (Å²) in [6, 6.07) is 7.96. The normalized spacial score (nSPS) is 22.7. The van der Waals surface area contributed by atoms with E-state index in [0.29, 0.717) is 45.4 Å². The highest BCUT2D eigenvalue weighted by atomic mass is 32.2. The molecule has 1 spiro atoms. The van der Waals surface area contributed by atoms with Gasteiger partial charge in [-0.2, -0.15) is 4.31 Å². The van der Waals surface area contributed by atoms with Crippen molar-refractivity contribution < 1.29 is 18.0 Å². The Morgan fingerprint density at radius 2 is 1.93 bits per heavy atom. The van der Waals surface area contributed by atoms with E-state index in [-0.39, 0.29) is 11.8 Å². The third kappa shape index (κ3) is 4.55. The Balaban J connectivity index is 1.77. The average molecular weight is 408 g/mol. The molecule has 1 aromatic rings. The lowest BCUT2D eigenvalue weighted by molar-refractivity contribution is -0.135. The van der Waals surface area contributed by atoms with Crippen LogP contribution in [-0.4, -0.2) is 60.9 Å². The predicted molar refractivity (Wildman–Crippen MR) is 107 cm³/mol. The van der Waals surface area contributed by atoms with E-state index in [2.05, 4.69) is 11.4 Å². The fraction of sp³-hybridized carbons (Fsp3) is 0.600. The van der Waals surface area contributed by atoms with Gasteiger partial charge in [-0.05, 0) is 36.8 Å². The average Bonchev–Trinajstić information content (AvgIpc) is 2.63. The van der Waals surface area contributed by atoms with Crippen LogP contribution in [0.3, 0.4) is 0 Å². The molecule has 28 heavy (non-hydrogen) atoms. The molecule has 1 N–H and O–H groups in total. The number of carbonyl (C=O) groups is 2. The maximum atomic E-state index is 12.7. The zero-order chi connectivity index (χ0) is 20.4. The van der Waals surface area contributed by atoms with Gasteiger partial charge in [0.25, 0.3) is 0 Å². The Labute approximate surface area is 167 Å². The zero-order valence-electron chi connectivity index (χ0n) is 16.6. The minimum Gasteiger partial charge on any atom is -0.356 e. The topological polar surface area (TPSA) is 86.8 Å². The first kappa shape index (κ1) is 20.8. The van der Waals surface area contributed by atoms with Gasteiger partial charge in [-0.25, -0.2) is 8.42 Å². The molecule has 8 heteroatoms. The van der Waals surface area contributed by atoms with Gasteiger partial charge in [0.15, 0.2) is 0 Å². The molecule has 2 heterocycles. The maximum absolute atomic E-state index is 12.7. The first-order chi connectivity index (χ1) is 13.2. The summed E-state index contributed by atoms with van der Waals surface area (Å²) in [4.78, 5) is 25.5. The van der Waals surface area contributed by atoms with Crippen molar-refractivity contribution in [2.24, 2.45) is 0 Å². The highest BCUT2D eigenvalue weighted by molar-refractivity contribution is 7.88. The second-order valence-corrected chi connectivity index (χ2v) is 9.85. The summed E-state index contributed by atoms with van der Waals surface area (Å²) in [7, 11) is -3.41. The molecular weight excluding hydrogens is 378 g/mol. The number of hydrogen-bond donors (Lipinski definition) is 1. The minimum absolute atomic E-state index is 0.0248. The molecule has 0 aliphatic carbocycles. The predicted octanol–water partition coefficient (Wildman–Crippen LogP) is 1.28. The van der Waals surface area contributed by atoms with Crippen LogP contribution in [0, 0.1) is 0 Å². The van der Waals surface area contributed by atoms with Crippen molar-refractivity contribution in [3.05, 3.63) is 35.4 Å². The van der Waals surface area contributed by atoms with Crippen LogP contribution in [0.1, 0.15) is 43.7 Å². The monoisotopic (exact) mass is 407 g/mol. The molecule has 154 valence electrons. The number of benzene rings is 1. The van der Waals surface area contributed by atoms with E-state index in [4.69, 9.17) is 0 Å². The standard InChI is InChI=1S/C20H29N3O4S/c1-16(24)21-11-5-9-19(25)22-12-6-10-20(15-22)13-17-7-3-4-8-18(17)14-23(20)28(2,26)27/h3-4,7-8H,5-6,9-15H2,1-2H3,(H,21,24). The van der Waals surface area contributed by atoms with Gasteiger partial charge >= 0.3 is 0 Å². The van der Waals surface area contributed by atoms with Gasteiger partial charge in [0.2, 0.25) is 21.8 Å². The summed E-state index contributed by atoms with van der Waals surface area (Å²) in [5, 5.41) is 2.70. The van der Waals surface area contributed by atoms with Gasteiger partial charge in [-0.3, -0.25) is 9.59 Å². The molecule has 2 aliphatic heterocycles. The number of carbonyl (C=O) groups excluding carboxylic acids is 2. The molecule has 1 atom stereocenters. The van der Waals surface area contributed by atoms with Crippen molar-refractivity contribution in [3.63, 3.8) is 0 Å². The van der Waals surface area contributed by atoms with Crippen LogP contribution in [0.15, 0.2) is 24.3 Å². The number of piperidine rings is 1. The molecule has 7 nitrogen and oxygen atoms in total. The van der Waals surface area contributed by atoms with Crippen molar-refractivity contribution in [3.8, 4) is 0 Å². The number of nitrogens with one attached hydrogen (secondary N) is 1. The number of amides is 2. The van der Waals surface area contributed by atoms with Crippen molar-refractivity contribution in [2.45, 2.75) is 51.1 Å². The smallest absolute Gasteiger partial charge is 0.222 e. The second kappa shape index (κ2) is 8.21. The van der Waals surface area contributed by atoms with E-state index >= 15 is 0 Å². The van der Waals surface area contributed by atoms with Crippen LogP contribution in [0.25, 0.3) is 0 Å².